The quantitative estimate of drug-likeness (QED) is 0.804. The summed E-state index contributed by atoms with van der Waals surface area (Å²) in [6.45, 7) is 2.34. The van der Waals surface area contributed by atoms with Gasteiger partial charge in [0.05, 0.1) is 5.69 Å². The fraction of sp³-hybridized carbons (Fsp3) is 0.133. The maximum absolute atomic E-state index is 11.8. The molecule has 0 aliphatic carbocycles. The zero-order valence-electron chi connectivity index (χ0n) is 11.5. The number of aromatic nitrogens is 1. The first-order valence-electron chi connectivity index (χ1n) is 6.35. The Morgan fingerprint density at radius 2 is 1.90 bits per heavy atom. The van der Waals surface area contributed by atoms with Crippen molar-refractivity contribution in [3.63, 3.8) is 0 Å². The van der Waals surface area contributed by atoms with Crippen LogP contribution in [0.25, 0.3) is 0 Å². The van der Waals surface area contributed by atoms with Gasteiger partial charge in [0.1, 0.15) is 0 Å². The van der Waals surface area contributed by atoms with E-state index in [2.05, 4.69) is 15.6 Å². The summed E-state index contributed by atoms with van der Waals surface area (Å²) in [5.74, 6) is -1.19. The van der Waals surface area contributed by atoms with E-state index in [4.69, 9.17) is 5.11 Å². The fourth-order valence-corrected chi connectivity index (χ4v) is 1.73. The average Bonchev–Trinajstić information content (AvgIpc) is 2.47. The van der Waals surface area contributed by atoms with Gasteiger partial charge in [0.15, 0.2) is 5.69 Å². The highest BCUT2D eigenvalue weighted by Gasteiger charge is 2.12. The van der Waals surface area contributed by atoms with Crippen molar-refractivity contribution in [3.05, 3.63) is 59.4 Å². The van der Waals surface area contributed by atoms with Crippen molar-refractivity contribution in [3.8, 4) is 0 Å². The molecule has 6 nitrogen and oxygen atoms in total. The summed E-state index contributed by atoms with van der Waals surface area (Å²) in [6.07, 6.45) is 1.36. The lowest BCUT2D eigenvalue weighted by Gasteiger charge is -2.09. The Hall–Kier alpha value is -2.89. The first kappa shape index (κ1) is 14.5. The van der Waals surface area contributed by atoms with Crippen molar-refractivity contribution in [1.29, 1.82) is 0 Å². The summed E-state index contributed by atoms with van der Waals surface area (Å²) in [5, 5.41) is 14.1. The minimum Gasteiger partial charge on any atom is -0.476 e. The maximum atomic E-state index is 11.8. The molecule has 108 valence electrons. The minimum absolute atomic E-state index is 0.159. The molecule has 6 heteroatoms. The fourth-order valence-electron chi connectivity index (χ4n) is 1.73. The number of urea groups is 1. The predicted octanol–water partition coefficient (Wildman–Crippen LogP) is 2.41. The van der Waals surface area contributed by atoms with Crippen LogP contribution in [0.4, 0.5) is 10.5 Å². The van der Waals surface area contributed by atoms with Crippen molar-refractivity contribution >= 4 is 17.7 Å². The first-order valence-corrected chi connectivity index (χ1v) is 6.35. The molecule has 0 bridgehead atoms. The van der Waals surface area contributed by atoms with E-state index >= 15 is 0 Å². The predicted molar refractivity (Wildman–Crippen MR) is 78.2 cm³/mol. The number of carboxylic acid groups (broad SMARTS) is 1. The molecule has 0 atom stereocenters. The lowest BCUT2D eigenvalue weighted by molar-refractivity contribution is 0.0691. The molecule has 1 aromatic heterocycles. The third-order valence-electron chi connectivity index (χ3n) is 2.83. The van der Waals surface area contributed by atoms with E-state index in [9.17, 15) is 9.59 Å². The van der Waals surface area contributed by atoms with Crippen LogP contribution in [0.5, 0.6) is 0 Å². The third kappa shape index (κ3) is 4.04. The molecule has 21 heavy (non-hydrogen) atoms. The molecule has 0 spiro atoms. The number of anilines is 1. The molecule has 0 unspecified atom stereocenters. The van der Waals surface area contributed by atoms with Crippen LogP contribution < -0.4 is 10.6 Å². The second-order valence-corrected chi connectivity index (χ2v) is 4.50. The third-order valence-corrected chi connectivity index (χ3v) is 2.83. The van der Waals surface area contributed by atoms with Crippen LogP contribution in [0, 0.1) is 6.92 Å². The Labute approximate surface area is 121 Å². The number of pyridine rings is 1. The number of nitrogens with one attached hydrogen (secondary N) is 2. The molecule has 0 saturated heterocycles. The Bertz CT molecular complexity index is 653. The van der Waals surface area contributed by atoms with Gasteiger partial charge in [0.2, 0.25) is 0 Å². The van der Waals surface area contributed by atoms with E-state index in [1.807, 2.05) is 31.2 Å². The number of carbonyl (C=O) groups excluding carboxylic acids is 1. The molecule has 2 rings (SSSR count). The zero-order chi connectivity index (χ0) is 15.2. The normalized spacial score (nSPS) is 9.95. The Kier molecular flexibility index (Phi) is 4.50. The topological polar surface area (TPSA) is 91.3 Å². The summed E-state index contributed by atoms with van der Waals surface area (Å²) in [4.78, 5) is 26.5. The van der Waals surface area contributed by atoms with Gasteiger partial charge in [-0.1, -0.05) is 29.8 Å². The highest BCUT2D eigenvalue weighted by atomic mass is 16.4. The van der Waals surface area contributed by atoms with Crippen LogP contribution in [0.2, 0.25) is 0 Å². The van der Waals surface area contributed by atoms with Gasteiger partial charge in [-0.05, 0) is 24.6 Å². The van der Waals surface area contributed by atoms with Crippen molar-refractivity contribution in [1.82, 2.24) is 10.3 Å². The molecule has 3 N–H and O–H groups in total. The van der Waals surface area contributed by atoms with Crippen LogP contribution in [-0.2, 0) is 6.54 Å². The van der Waals surface area contributed by atoms with Gasteiger partial charge in [-0.2, -0.15) is 0 Å². The molecule has 1 heterocycles. The summed E-state index contributed by atoms with van der Waals surface area (Å²) >= 11 is 0. The van der Waals surface area contributed by atoms with Crippen molar-refractivity contribution in [2.75, 3.05) is 5.32 Å². The monoisotopic (exact) mass is 285 g/mol. The van der Waals surface area contributed by atoms with Crippen molar-refractivity contribution < 1.29 is 14.7 Å². The highest BCUT2D eigenvalue weighted by Crippen LogP contribution is 2.11. The minimum atomic E-state index is -1.19. The standard InChI is InChI=1S/C15H15N3O3/c1-10-4-6-11(7-5-10)9-17-15(21)18-12-3-2-8-16-13(12)14(19)20/h2-8H,9H2,1H3,(H,19,20)(H2,17,18,21). The summed E-state index contributed by atoms with van der Waals surface area (Å²) in [5.41, 5.74) is 2.07. The van der Waals surface area contributed by atoms with Crippen LogP contribution >= 0.6 is 0 Å². The highest BCUT2D eigenvalue weighted by molar-refractivity contribution is 5.98. The number of benzene rings is 1. The molecule has 1 aromatic carbocycles. The lowest BCUT2D eigenvalue weighted by Crippen LogP contribution is -2.29. The van der Waals surface area contributed by atoms with E-state index in [1.165, 1.54) is 12.3 Å². The van der Waals surface area contributed by atoms with Gasteiger partial charge < -0.3 is 15.7 Å². The molecule has 0 fully saturated rings. The van der Waals surface area contributed by atoms with Gasteiger partial charge in [0, 0.05) is 12.7 Å². The number of hydrogen-bond donors (Lipinski definition) is 3. The van der Waals surface area contributed by atoms with Gasteiger partial charge in [-0.3, -0.25) is 0 Å². The van der Waals surface area contributed by atoms with E-state index < -0.39 is 12.0 Å². The number of rotatable bonds is 4. The number of nitrogens with zero attached hydrogens (tertiary/aromatic N) is 1. The van der Waals surface area contributed by atoms with Gasteiger partial charge in [-0.15, -0.1) is 0 Å². The SMILES string of the molecule is Cc1ccc(CNC(=O)Nc2cccnc2C(=O)O)cc1. The molecular weight excluding hydrogens is 270 g/mol. The van der Waals surface area contributed by atoms with Gasteiger partial charge >= 0.3 is 12.0 Å². The first-order chi connectivity index (χ1) is 10.1. The number of carboxylic acids is 1. The summed E-state index contributed by atoms with van der Waals surface area (Å²) in [6, 6.07) is 10.3. The molecule has 0 aliphatic rings. The van der Waals surface area contributed by atoms with Crippen LogP contribution in [0.15, 0.2) is 42.6 Å². The number of aryl methyl sites for hydroxylation is 1. The number of hydrogen-bond acceptors (Lipinski definition) is 3. The number of amides is 2. The largest absolute Gasteiger partial charge is 0.476 e. The Morgan fingerprint density at radius 3 is 2.57 bits per heavy atom. The van der Waals surface area contributed by atoms with Gasteiger partial charge in [0.25, 0.3) is 0 Å². The molecule has 2 amide bonds. The van der Waals surface area contributed by atoms with Gasteiger partial charge in [-0.25, -0.2) is 14.6 Å². The molecule has 0 saturated carbocycles. The molecular formula is C15H15N3O3. The van der Waals surface area contributed by atoms with Crippen LogP contribution in [0.3, 0.4) is 0 Å². The number of aromatic carboxylic acids is 1. The molecule has 0 aliphatic heterocycles. The maximum Gasteiger partial charge on any atom is 0.356 e. The van der Waals surface area contributed by atoms with Crippen LogP contribution in [-0.4, -0.2) is 22.1 Å². The smallest absolute Gasteiger partial charge is 0.356 e. The number of carbonyl (C=O) groups is 2. The second-order valence-electron chi connectivity index (χ2n) is 4.50. The van der Waals surface area contributed by atoms with E-state index in [-0.39, 0.29) is 11.4 Å². The van der Waals surface area contributed by atoms with Crippen LogP contribution in [0.1, 0.15) is 21.6 Å². The van der Waals surface area contributed by atoms with E-state index in [0.29, 0.717) is 6.54 Å². The average molecular weight is 285 g/mol. The second kappa shape index (κ2) is 6.51. The zero-order valence-corrected chi connectivity index (χ0v) is 11.5. The van der Waals surface area contributed by atoms with Crippen molar-refractivity contribution in [2.24, 2.45) is 0 Å². The Balaban J connectivity index is 1.96. The van der Waals surface area contributed by atoms with E-state index in [0.717, 1.165) is 11.1 Å². The summed E-state index contributed by atoms with van der Waals surface area (Å²) in [7, 11) is 0. The lowest BCUT2D eigenvalue weighted by atomic mass is 10.1. The van der Waals surface area contributed by atoms with Crippen molar-refractivity contribution in [2.45, 2.75) is 13.5 Å². The molecule has 0 radical (unpaired) electrons. The van der Waals surface area contributed by atoms with E-state index in [1.54, 1.807) is 6.07 Å². The Morgan fingerprint density at radius 1 is 1.19 bits per heavy atom. The molecule has 2 aromatic rings. The summed E-state index contributed by atoms with van der Waals surface area (Å²) < 4.78 is 0.